The zero-order chi connectivity index (χ0) is 101. The van der Waals surface area contributed by atoms with Gasteiger partial charge in [-0.05, 0) is 302 Å². The van der Waals surface area contributed by atoms with E-state index >= 15 is 0 Å². The third kappa shape index (κ3) is 24.2. The van der Waals surface area contributed by atoms with Gasteiger partial charge in [-0.15, -0.1) is 5.10 Å². The fourth-order valence-electron chi connectivity index (χ4n) is 23.0. The Hall–Kier alpha value is -10.0. The summed E-state index contributed by atoms with van der Waals surface area (Å²) < 4.78 is 63.2. The number of amides is 2. The van der Waals surface area contributed by atoms with Crippen molar-refractivity contribution in [2.24, 2.45) is 27.0 Å². The molecule has 8 atom stereocenters. The van der Waals surface area contributed by atoms with Crippen molar-refractivity contribution in [1.82, 2.24) is 95.0 Å². The summed E-state index contributed by atoms with van der Waals surface area (Å²) in [6.07, 6.45) is 39.3. The Morgan fingerprint density at radius 1 is 0.447 bits per heavy atom. The number of aliphatic imine (C=N–C) groups is 1. The van der Waals surface area contributed by atoms with Crippen LogP contribution in [0, 0.1) is 19.9 Å². The molecule has 2 amide bonds. The number of rotatable bonds is 11. The molecule has 23 heterocycles. The number of amidine groups is 1. The minimum absolute atomic E-state index is 0. The van der Waals surface area contributed by atoms with E-state index < -0.39 is 17.3 Å². The smallest absolute Gasteiger partial charge is 0.407 e. The summed E-state index contributed by atoms with van der Waals surface area (Å²) >= 11 is 5.60. The number of ether oxygens (including phenoxy) is 7. The molecular formula is C106H140BrIN26O12S4. The van der Waals surface area contributed by atoms with Crippen molar-refractivity contribution in [3.05, 3.63) is 158 Å². The second kappa shape index (κ2) is 47.9. The quantitative estimate of drug-likeness (QED) is 0.0799. The lowest BCUT2D eigenvalue weighted by Gasteiger charge is -2.42. The Labute approximate surface area is 924 Å². The van der Waals surface area contributed by atoms with E-state index in [1.807, 2.05) is 108 Å². The summed E-state index contributed by atoms with van der Waals surface area (Å²) in [5, 5.41) is 16.1. The summed E-state index contributed by atoms with van der Waals surface area (Å²) in [6, 6.07) is 16.3. The number of anilines is 6. The lowest BCUT2D eigenvalue weighted by molar-refractivity contribution is -0.0372. The summed E-state index contributed by atoms with van der Waals surface area (Å²) in [5.41, 5.74) is 21.8. The number of aromatic nitrogens is 17. The van der Waals surface area contributed by atoms with Gasteiger partial charge in [-0.2, -0.15) is 59.1 Å². The summed E-state index contributed by atoms with van der Waals surface area (Å²) in [6.45, 7) is 28.1. The summed E-state index contributed by atoms with van der Waals surface area (Å²) in [4.78, 5) is 103. The minimum Gasteiger partial charge on any atom is -0.444 e. The molecule has 44 heteroatoms. The predicted octanol–water partition coefficient (Wildman–Crippen LogP) is 17.9. The van der Waals surface area contributed by atoms with Gasteiger partial charge in [0.15, 0.2) is 44.6 Å². The van der Waals surface area contributed by atoms with E-state index in [1.165, 1.54) is 54.6 Å². The number of alkyl carbamates (subject to hydrolysis) is 2. The second-order valence-corrected chi connectivity index (χ2v) is 44.6. The number of nitrogens with one attached hydrogen (secondary N) is 2. The van der Waals surface area contributed by atoms with Crippen molar-refractivity contribution in [2.45, 2.75) is 283 Å². The van der Waals surface area contributed by atoms with Gasteiger partial charge in [-0.25, -0.2) is 83.7 Å². The molecule has 804 valence electrons. The van der Waals surface area contributed by atoms with Crippen LogP contribution in [0.5, 0.6) is 0 Å². The van der Waals surface area contributed by atoms with Gasteiger partial charge < -0.3 is 87.3 Å². The molecule has 38 nitrogen and oxygen atoms in total. The first kappa shape index (κ1) is 111. The van der Waals surface area contributed by atoms with Crippen molar-refractivity contribution in [1.29, 1.82) is 0 Å². The van der Waals surface area contributed by atoms with E-state index in [-0.39, 0.29) is 125 Å². The highest BCUT2D eigenvalue weighted by atomic mass is 127. The molecule has 8 fully saturated rings. The molecule has 13 aliphatic rings. The van der Waals surface area contributed by atoms with Gasteiger partial charge in [0.1, 0.15) is 80.3 Å². The van der Waals surface area contributed by atoms with Crippen LogP contribution in [0.15, 0.2) is 127 Å². The fourth-order valence-corrected chi connectivity index (χ4v) is 23.9. The number of nitrogens with zero attached hydrogens (tertiary/aromatic N) is 23. The molecule has 2 aliphatic carbocycles. The Bertz CT molecular complexity index is 6640. The number of oxazole rings is 3. The summed E-state index contributed by atoms with van der Waals surface area (Å²) in [7, 11) is 0. The van der Waals surface area contributed by atoms with E-state index in [0.717, 1.165) is 299 Å². The van der Waals surface area contributed by atoms with Crippen LogP contribution in [0.4, 0.5) is 44.2 Å². The molecule has 4 N–H and O–H groups in total. The van der Waals surface area contributed by atoms with Crippen LogP contribution in [-0.2, 0) is 78.2 Å². The van der Waals surface area contributed by atoms with E-state index in [2.05, 4.69) is 130 Å². The van der Waals surface area contributed by atoms with Crippen LogP contribution in [0.3, 0.4) is 0 Å². The zero-order valence-electron chi connectivity index (χ0n) is 86.8. The summed E-state index contributed by atoms with van der Waals surface area (Å²) in [5.74, 6) is 5.90. The van der Waals surface area contributed by atoms with E-state index in [1.54, 1.807) is 37.4 Å². The third-order valence-corrected chi connectivity index (χ3v) is 32.0. The van der Waals surface area contributed by atoms with E-state index in [9.17, 15) is 9.59 Å². The standard InChI is InChI=1S/C35H45N9O5.C26H30N8O2.C24H35IN6O4.C12H12N2O.C9H10BrN.4H2S/c1-22-29(40-33(45)49-34(2,3)4)35(21-48-22)12-16-42(17-13-35)26-20-37-28-30(39-26)44(27-9-5-6-18-46-27)41-31(28)43-15-7-8-23-25(43)11-10-24(38-23)32-36-14-19-47-32;1-16-23(27)26(15-36-16)6-10-33(11-7-26)21-14-29-22-19(32-21)13-30-24(22)34-9-2-3-17-20(34)5-4-18(31-17)25-28-8-12-35-25;1-15-19(28-22(32)35-23(2,3)4)24(14-34-15)8-10-30(11-9-24)16-13-26-18-20(25)29-31(21(18)27-16)17-7-5-6-12-33-17;1-2-4-10-9(3-1)5-6-11(14-10)12-13-7-8-15-12;10-9-6-5-7-3-1-2-4-8(7)11-9;;;;/h10-11,14,19-20,22,27,29H,5-9,12-13,15-18,21H2,1-4H3,(H,40,45);4-5,8,12,14,16,23H,2-3,6-7,9-11,13,15,27H2,1H3;13,15,17,19H,5-12,14H2,1-4H3,(H,28,32);5-8H,1-4H2;5-6H,1-4H2;4*1H2/t22-,27?,29+;16-,23+;15-,17?,19+;;;;;;/m000....../s1. The predicted molar refractivity (Wildman–Crippen MR) is 602 cm³/mol. The highest BCUT2D eigenvalue weighted by Crippen LogP contribution is 2.49. The van der Waals surface area contributed by atoms with Gasteiger partial charge >= 0.3 is 12.2 Å². The first-order valence-electron chi connectivity index (χ1n) is 52.3. The topological polar surface area (TPSA) is 420 Å². The van der Waals surface area contributed by atoms with Crippen molar-refractivity contribution < 1.29 is 56.0 Å². The first-order valence-corrected chi connectivity index (χ1v) is 54.1. The maximum Gasteiger partial charge on any atom is 0.407 e. The lowest BCUT2D eigenvalue weighted by atomic mass is 9.73. The minimum atomic E-state index is -0.564. The SMILES string of the molecule is Brc1ccc2c(n1)CCCC2.C[C@@H]1OCC2(CCN(c3cnc4c(I)nn(C5CCCCO5)c4n3)CC2)[C@@H]1NC(=O)OC(C)(C)C.C[C@@H]1OCC2(CCN(c3cnc4c(N5CCCc6nc(-c7ncco7)ccc65)nn(C5CCCCO5)c4n3)CC2)[C@@H]1NC(=O)OC(C)(C)C.C[C@@H]1OCC2(CCN(c3cnc4c(n3)CN=C4N3CCCc4nc(-c5ncco5)ccc43)CC2)[C@@H]1N.S.S.S.S.c1coc(-c2ccc3c(n2)CCCC3)n1. The van der Waals surface area contributed by atoms with Crippen LogP contribution in [0.25, 0.3) is 57.1 Å². The van der Waals surface area contributed by atoms with E-state index in [4.69, 9.17) is 107 Å². The number of hydrogen-bond donors (Lipinski definition) is 3. The molecule has 12 aromatic rings. The molecule has 8 saturated heterocycles. The van der Waals surface area contributed by atoms with Crippen molar-refractivity contribution in [2.75, 3.05) is 110 Å². The van der Waals surface area contributed by atoms with Gasteiger partial charge in [-0.3, -0.25) is 4.99 Å². The molecule has 3 spiro atoms. The molecule has 11 aliphatic heterocycles. The number of fused-ring (bicyclic) bond motifs is 7. The number of carbonyl (C=O) groups excluding carboxylic acids is 2. The number of halogens is 2. The van der Waals surface area contributed by atoms with Crippen LogP contribution in [0.2, 0.25) is 0 Å². The number of hydrogen-bond acceptors (Lipinski definition) is 34. The van der Waals surface area contributed by atoms with Gasteiger partial charge in [0.05, 0.1) is 122 Å². The van der Waals surface area contributed by atoms with E-state index in [0.29, 0.717) is 44.0 Å². The molecule has 0 saturated carbocycles. The first-order chi connectivity index (χ1) is 70.7. The van der Waals surface area contributed by atoms with Gasteiger partial charge in [0, 0.05) is 99.2 Å². The highest BCUT2D eigenvalue weighted by Gasteiger charge is 2.54. The third-order valence-electron chi connectivity index (χ3n) is 30.8. The molecule has 0 radical (unpaired) electrons. The Kier molecular flexibility index (Phi) is 35.5. The van der Waals surface area contributed by atoms with Crippen molar-refractivity contribution in [3.63, 3.8) is 0 Å². The monoisotopic (exact) mass is 2300 g/mol. The molecule has 2 unspecified atom stereocenters. The van der Waals surface area contributed by atoms with Crippen LogP contribution < -0.4 is 40.9 Å². The average Bonchev–Trinajstić information content (AvgIpc) is 1.59. The van der Waals surface area contributed by atoms with Crippen molar-refractivity contribution >= 4 is 167 Å². The van der Waals surface area contributed by atoms with Gasteiger partial charge in [-0.1, -0.05) is 12.1 Å². The normalized spacial score (nSPS) is 22.7. The lowest BCUT2D eigenvalue weighted by Crippen LogP contribution is -2.55. The van der Waals surface area contributed by atoms with Crippen LogP contribution in [-0.4, -0.2) is 235 Å². The Morgan fingerprint density at radius 2 is 0.873 bits per heavy atom. The van der Waals surface area contributed by atoms with Gasteiger partial charge in [0.2, 0.25) is 17.7 Å². The zero-order valence-corrected chi connectivity index (χ0v) is 94.6. The second-order valence-electron chi connectivity index (χ2n) is 42.8. The molecule has 0 aromatic carbocycles. The number of piperidine rings is 3. The van der Waals surface area contributed by atoms with Crippen LogP contribution >= 0.6 is 92.5 Å². The van der Waals surface area contributed by atoms with Crippen molar-refractivity contribution in [3.8, 4) is 34.8 Å². The Balaban J connectivity index is 0.000000136. The van der Waals surface area contributed by atoms with Crippen LogP contribution in [0.1, 0.15) is 236 Å². The number of pyridine rings is 4. The van der Waals surface area contributed by atoms with Gasteiger partial charge in [0.25, 0.3) is 0 Å². The number of aryl methyl sites for hydroxylation is 6. The maximum atomic E-state index is 12.8. The molecule has 0 bridgehead atoms. The maximum absolute atomic E-state index is 12.8. The molecular weight excluding hydrogens is 2160 g/mol. The molecule has 12 aromatic heterocycles. The fraction of sp³-hybridized carbons (Fsp3) is 0.566. The molecule has 25 rings (SSSR count). The average molecular weight is 2310 g/mol. The highest BCUT2D eigenvalue weighted by molar-refractivity contribution is 14.1. The number of carbonyl (C=O) groups is 2. The Morgan fingerprint density at radius 3 is 1.36 bits per heavy atom. The molecule has 150 heavy (non-hydrogen) atoms. The number of nitrogens with two attached hydrogens (primary N) is 1. The largest absolute Gasteiger partial charge is 0.444 e.